The zero-order valence-electron chi connectivity index (χ0n) is 8.98. The third-order valence-corrected chi connectivity index (χ3v) is 2.46. The van der Waals surface area contributed by atoms with Gasteiger partial charge in [-0.05, 0) is 19.8 Å². The lowest BCUT2D eigenvalue weighted by Gasteiger charge is -2.21. The molecule has 1 saturated heterocycles. The molecule has 0 aromatic heterocycles. The van der Waals surface area contributed by atoms with Gasteiger partial charge in [0.25, 0.3) is 0 Å². The molecule has 15 heavy (non-hydrogen) atoms. The Kier molecular flexibility index (Phi) is 4.60. The van der Waals surface area contributed by atoms with Gasteiger partial charge in [0.2, 0.25) is 0 Å². The third kappa shape index (κ3) is 4.32. The van der Waals surface area contributed by atoms with Gasteiger partial charge in [-0.3, -0.25) is 9.69 Å². The average molecular weight is 211 g/mol. The first-order valence-corrected chi connectivity index (χ1v) is 5.15. The Morgan fingerprint density at radius 1 is 1.67 bits per heavy atom. The van der Waals surface area contributed by atoms with Crippen LogP contribution in [0.1, 0.15) is 19.8 Å². The number of ether oxygens (including phenoxy) is 1. The van der Waals surface area contributed by atoms with Crippen molar-refractivity contribution in [2.75, 3.05) is 19.6 Å². The highest BCUT2D eigenvalue weighted by atomic mass is 16.5. The van der Waals surface area contributed by atoms with Crippen LogP contribution in [0.25, 0.3) is 0 Å². The van der Waals surface area contributed by atoms with E-state index in [2.05, 4.69) is 5.92 Å². The number of hydrogen-bond acceptors (Lipinski definition) is 3. The molecule has 0 spiro atoms. The van der Waals surface area contributed by atoms with Gasteiger partial charge in [0.05, 0.1) is 25.3 Å². The lowest BCUT2D eigenvalue weighted by Crippen LogP contribution is -2.36. The van der Waals surface area contributed by atoms with E-state index in [-0.39, 0.29) is 18.8 Å². The maximum absolute atomic E-state index is 10.6. The minimum absolute atomic E-state index is 0.0154. The lowest BCUT2D eigenvalue weighted by atomic mass is 10.2. The molecule has 0 amide bonds. The molecule has 0 bridgehead atoms. The number of hydrogen-bond donors (Lipinski definition) is 1. The summed E-state index contributed by atoms with van der Waals surface area (Å²) in [4.78, 5) is 12.3. The maximum atomic E-state index is 10.6. The van der Waals surface area contributed by atoms with Crippen LogP contribution in [0.2, 0.25) is 0 Å². The highest BCUT2D eigenvalue weighted by Crippen LogP contribution is 2.19. The normalized spacial score (nSPS) is 25.4. The van der Waals surface area contributed by atoms with E-state index < -0.39 is 5.97 Å². The summed E-state index contributed by atoms with van der Waals surface area (Å²) in [6, 6.07) is 0. The summed E-state index contributed by atoms with van der Waals surface area (Å²) in [5.74, 6) is 1.61. The summed E-state index contributed by atoms with van der Waals surface area (Å²) in [7, 11) is 0. The van der Waals surface area contributed by atoms with Crippen LogP contribution in [0.5, 0.6) is 0 Å². The molecule has 1 heterocycles. The van der Waals surface area contributed by atoms with Gasteiger partial charge in [-0.1, -0.05) is 5.92 Å². The third-order valence-electron chi connectivity index (χ3n) is 2.46. The Morgan fingerprint density at radius 2 is 2.40 bits per heavy atom. The van der Waals surface area contributed by atoms with Crippen LogP contribution in [-0.4, -0.2) is 47.8 Å². The van der Waals surface area contributed by atoms with Crippen molar-refractivity contribution in [2.45, 2.75) is 32.0 Å². The fraction of sp³-hybridized carbons (Fsp3) is 0.727. The summed E-state index contributed by atoms with van der Waals surface area (Å²) in [5, 5.41) is 8.69. The largest absolute Gasteiger partial charge is 0.480 e. The molecule has 0 aromatic rings. The second kappa shape index (κ2) is 5.74. The number of carboxylic acids is 1. The Balaban J connectivity index is 2.37. The molecule has 1 fully saturated rings. The summed E-state index contributed by atoms with van der Waals surface area (Å²) in [6.45, 7) is 2.99. The fourth-order valence-electron chi connectivity index (χ4n) is 1.81. The van der Waals surface area contributed by atoms with E-state index in [9.17, 15) is 4.79 Å². The second-order valence-electron chi connectivity index (χ2n) is 3.91. The smallest absolute Gasteiger partial charge is 0.317 e. The van der Waals surface area contributed by atoms with E-state index in [1.807, 2.05) is 6.92 Å². The van der Waals surface area contributed by atoms with Crippen molar-refractivity contribution in [1.29, 1.82) is 0 Å². The van der Waals surface area contributed by atoms with E-state index in [1.165, 1.54) is 0 Å². The predicted molar refractivity (Wildman–Crippen MR) is 56.5 cm³/mol. The van der Waals surface area contributed by atoms with E-state index >= 15 is 0 Å². The standard InChI is InChI=1S/C11H17NO3/c1-3-6-12(8-11(13)14)7-10-5-4-9(2)15-10/h1,9-10H,4-8H2,2H3,(H,13,14). The molecular formula is C11H17NO3. The Hall–Kier alpha value is -1.05. The first-order chi connectivity index (χ1) is 7.11. The van der Waals surface area contributed by atoms with Crippen LogP contribution >= 0.6 is 0 Å². The maximum Gasteiger partial charge on any atom is 0.317 e. The van der Waals surface area contributed by atoms with Gasteiger partial charge < -0.3 is 9.84 Å². The zero-order valence-corrected chi connectivity index (χ0v) is 8.98. The number of carboxylic acid groups (broad SMARTS) is 1. The zero-order chi connectivity index (χ0) is 11.3. The van der Waals surface area contributed by atoms with Crippen molar-refractivity contribution >= 4 is 5.97 Å². The number of carbonyl (C=O) groups is 1. The van der Waals surface area contributed by atoms with Crippen molar-refractivity contribution in [3.63, 3.8) is 0 Å². The molecule has 1 N–H and O–H groups in total. The minimum atomic E-state index is -0.851. The summed E-state index contributed by atoms with van der Waals surface area (Å²) in [6.07, 6.45) is 7.63. The molecule has 84 valence electrons. The molecule has 4 heteroatoms. The number of aliphatic carboxylic acids is 1. The van der Waals surface area contributed by atoms with Crippen LogP contribution in [0.3, 0.4) is 0 Å². The van der Waals surface area contributed by atoms with Crippen molar-refractivity contribution in [3.8, 4) is 12.3 Å². The first kappa shape index (κ1) is 12.0. The Bertz CT molecular complexity index is 259. The van der Waals surface area contributed by atoms with E-state index in [0.29, 0.717) is 13.1 Å². The van der Waals surface area contributed by atoms with Gasteiger partial charge in [-0.25, -0.2) is 0 Å². The van der Waals surface area contributed by atoms with Crippen LogP contribution in [0.15, 0.2) is 0 Å². The number of nitrogens with zero attached hydrogens (tertiary/aromatic N) is 1. The van der Waals surface area contributed by atoms with Crippen LogP contribution in [-0.2, 0) is 9.53 Å². The van der Waals surface area contributed by atoms with Gasteiger partial charge >= 0.3 is 5.97 Å². The summed E-state index contributed by atoms with van der Waals surface area (Å²) in [5.41, 5.74) is 0. The molecule has 1 rings (SSSR count). The first-order valence-electron chi connectivity index (χ1n) is 5.15. The highest BCUT2D eigenvalue weighted by Gasteiger charge is 2.24. The molecule has 2 unspecified atom stereocenters. The molecule has 0 radical (unpaired) electrons. The van der Waals surface area contributed by atoms with Gasteiger partial charge in [0, 0.05) is 6.54 Å². The van der Waals surface area contributed by atoms with Crippen molar-refractivity contribution in [2.24, 2.45) is 0 Å². The molecule has 0 saturated carbocycles. The quantitative estimate of drug-likeness (QED) is 0.676. The topological polar surface area (TPSA) is 49.8 Å². The molecular weight excluding hydrogens is 194 g/mol. The highest BCUT2D eigenvalue weighted by molar-refractivity contribution is 5.69. The summed E-state index contributed by atoms with van der Waals surface area (Å²) >= 11 is 0. The molecule has 1 aliphatic rings. The van der Waals surface area contributed by atoms with E-state index in [4.69, 9.17) is 16.3 Å². The Labute approximate surface area is 90.2 Å². The van der Waals surface area contributed by atoms with Gasteiger partial charge in [0.1, 0.15) is 0 Å². The van der Waals surface area contributed by atoms with Gasteiger partial charge in [0.15, 0.2) is 0 Å². The number of terminal acetylenes is 1. The predicted octanol–water partition coefficient (Wildman–Crippen LogP) is 0.574. The molecule has 1 aliphatic heterocycles. The van der Waals surface area contributed by atoms with Crippen molar-refractivity contribution in [1.82, 2.24) is 4.90 Å². The van der Waals surface area contributed by atoms with E-state index in [0.717, 1.165) is 12.8 Å². The molecule has 0 aliphatic carbocycles. The summed E-state index contributed by atoms with van der Waals surface area (Å²) < 4.78 is 5.62. The monoisotopic (exact) mass is 211 g/mol. The molecule has 0 aromatic carbocycles. The minimum Gasteiger partial charge on any atom is -0.480 e. The van der Waals surface area contributed by atoms with Gasteiger partial charge in [-0.2, -0.15) is 0 Å². The fourth-order valence-corrected chi connectivity index (χ4v) is 1.81. The van der Waals surface area contributed by atoms with Gasteiger partial charge in [-0.15, -0.1) is 6.42 Å². The lowest BCUT2D eigenvalue weighted by molar-refractivity contribution is -0.138. The molecule has 4 nitrogen and oxygen atoms in total. The Morgan fingerprint density at radius 3 is 2.87 bits per heavy atom. The van der Waals surface area contributed by atoms with E-state index in [1.54, 1.807) is 4.90 Å². The van der Waals surface area contributed by atoms with Crippen LogP contribution < -0.4 is 0 Å². The SMILES string of the molecule is C#CCN(CC(=O)O)CC1CCC(C)O1. The van der Waals surface area contributed by atoms with Crippen LogP contribution in [0, 0.1) is 12.3 Å². The molecule has 2 atom stereocenters. The van der Waals surface area contributed by atoms with Crippen molar-refractivity contribution in [3.05, 3.63) is 0 Å². The number of rotatable bonds is 5. The average Bonchev–Trinajstić information content (AvgIpc) is 2.50. The van der Waals surface area contributed by atoms with Crippen molar-refractivity contribution < 1.29 is 14.6 Å². The second-order valence-corrected chi connectivity index (χ2v) is 3.91. The van der Waals surface area contributed by atoms with Crippen LogP contribution in [0.4, 0.5) is 0 Å².